The van der Waals surface area contributed by atoms with Crippen LogP contribution in [-0.4, -0.2) is 131 Å². The van der Waals surface area contributed by atoms with Crippen LogP contribution < -0.4 is 4.74 Å². The zero-order valence-electron chi connectivity index (χ0n) is 22.2. The van der Waals surface area contributed by atoms with Gasteiger partial charge in [0.25, 0.3) is 0 Å². The highest BCUT2D eigenvalue weighted by Crippen LogP contribution is 2.45. The van der Waals surface area contributed by atoms with Gasteiger partial charge in [-0.05, 0) is 18.2 Å². The smallest absolute Gasteiger partial charge is 0.229 e. The quantitative estimate of drug-likeness (QED) is 0.146. The van der Waals surface area contributed by atoms with Crippen LogP contribution in [0.15, 0.2) is 36.1 Å². The van der Waals surface area contributed by atoms with Crippen molar-refractivity contribution in [1.29, 1.82) is 0 Å². The minimum Gasteiger partial charge on any atom is -0.508 e. The summed E-state index contributed by atoms with van der Waals surface area (Å²) in [6.07, 6.45) is -17.0. The molecule has 0 aromatic heterocycles. The van der Waals surface area contributed by atoms with E-state index in [-0.39, 0.29) is 28.4 Å². The average Bonchev–Trinajstić information content (AvgIpc) is 2.98. The van der Waals surface area contributed by atoms with E-state index in [0.29, 0.717) is 0 Å². The van der Waals surface area contributed by atoms with Crippen LogP contribution in [0.3, 0.4) is 0 Å². The van der Waals surface area contributed by atoms with Crippen molar-refractivity contribution in [2.24, 2.45) is 0 Å². The van der Waals surface area contributed by atoms with E-state index in [1.165, 1.54) is 24.3 Å². The fourth-order valence-corrected chi connectivity index (χ4v) is 5.04. The van der Waals surface area contributed by atoms with Crippen LogP contribution in [0, 0.1) is 0 Å². The fraction of sp³-hybridized carbons (Fsp3) is 0.481. The summed E-state index contributed by atoms with van der Waals surface area (Å²) < 4.78 is 28.7. The highest BCUT2D eigenvalue weighted by molar-refractivity contribution is 5.69. The van der Waals surface area contributed by atoms with Crippen molar-refractivity contribution in [2.45, 2.75) is 67.5 Å². The summed E-state index contributed by atoms with van der Waals surface area (Å²) in [7, 11) is 0. The third-order valence-electron chi connectivity index (χ3n) is 7.41. The molecule has 5 rings (SSSR count). The average molecular weight is 613 g/mol. The van der Waals surface area contributed by atoms with E-state index in [1.54, 1.807) is 0 Å². The molecule has 0 aliphatic carbocycles. The summed E-state index contributed by atoms with van der Waals surface area (Å²) in [5.74, 6) is -1.83. The topological polar surface area (TPSA) is 269 Å². The predicted molar refractivity (Wildman–Crippen MR) is 138 cm³/mol. The Morgan fingerprint density at radius 1 is 0.674 bits per heavy atom. The van der Waals surface area contributed by atoms with Crippen molar-refractivity contribution < 1.29 is 79.9 Å². The second-order valence-electron chi connectivity index (χ2n) is 10.3. The summed E-state index contributed by atoms with van der Waals surface area (Å²) >= 11 is 0. The molecular weight excluding hydrogens is 580 g/mol. The Morgan fingerprint density at radius 3 is 1.98 bits per heavy atom. The van der Waals surface area contributed by atoms with Crippen molar-refractivity contribution in [3.05, 3.63) is 47.2 Å². The molecule has 43 heavy (non-hydrogen) atoms. The SMILES string of the molecule is OCC1OC(OC2C(OC3=Cc4c(O)cc(O)cc4OC3c3ccc(O)c(O)c3)OC(CO)C(O)C2O)C(O)C(O)C1O. The number of aliphatic hydroxyl groups is 7. The Morgan fingerprint density at radius 2 is 1.33 bits per heavy atom. The minimum atomic E-state index is -1.89. The normalized spacial score (nSPS) is 35.9. The summed E-state index contributed by atoms with van der Waals surface area (Å²) in [5.41, 5.74) is 0.255. The number of phenolic OH excluding ortho intramolecular Hbond substituents is 4. The summed E-state index contributed by atoms with van der Waals surface area (Å²) in [6, 6.07) is 5.95. The second-order valence-corrected chi connectivity index (χ2v) is 10.3. The Bertz CT molecular complexity index is 1330. The number of hydrogen-bond donors (Lipinski definition) is 11. The molecule has 0 saturated carbocycles. The van der Waals surface area contributed by atoms with Gasteiger partial charge >= 0.3 is 0 Å². The monoisotopic (exact) mass is 612 g/mol. The molecule has 0 bridgehead atoms. The molecule has 236 valence electrons. The van der Waals surface area contributed by atoms with Crippen molar-refractivity contribution >= 4 is 6.08 Å². The number of hydrogen-bond acceptors (Lipinski definition) is 16. The van der Waals surface area contributed by atoms with E-state index in [1.807, 2.05) is 0 Å². The number of fused-ring (bicyclic) bond motifs is 1. The Hall–Kier alpha value is -3.42. The highest BCUT2D eigenvalue weighted by atomic mass is 16.8. The first-order valence-corrected chi connectivity index (χ1v) is 13.1. The molecule has 2 aromatic carbocycles. The van der Waals surface area contributed by atoms with E-state index in [0.717, 1.165) is 12.1 Å². The van der Waals surface area contributed by atoms with Gasteiger partial charge in [0.05, 0.1) is 18.8 Å². The van der Waals surface area contributed by atoms with Crippen LogP contribution in [0.5, 0.6) is 28.7 Å². The van der Waals surface area contributed by atoms with Gasteiger partial charge in [-0.3, -0.25) is 0 Å². The molecule has 11 N–H and O–H groups in total. The maximum absolute atomic E-state index is 11.0. The van der Waals surface area contributed by atoms with Gasteiger partial charge in [0.15, 0.2) is 30.0 Å². The van der Waals surface area contributed by atoms with Gasteiger partial charge in [0, 0.05) is 17.7 Å². The number of ether oxygens (including phenoxy) is 5. The van der Waals surface area contributed by atoms with Crippen molar-refractivity contribution in [1.82, 2.24) is 0 Å². The number of aromatic hydroxyl groups is 4. The van der Waals surface area contributed by atoms with Crippen molar-refractivity contribution in [3.63, 3.8) is 0 Å². The molecule has 0 radical (unpaired) electrons. The molecule has 0 spiro atoms. The molecule has 3 aliphatic rings. The molecule has 11 unspecified atom stereocenters. The molecule has 16 nitrogen and oxygen atoms in total. The van der Waals surface area contributed by atoms with Crippen molar-refractivity contribution in [2.75, 3.05) is 13.2 Å². The Balaban J connectivity index is 1.52. The molecular formula is C27H32O16. The van der Waals surface area contributed by atoms with Gasteiger partial charge in [0.1, 0.15) is 65.7 Å². The van der Waals surface area contributed by atoms with Crippen molar-refractivity contribution in [3.8, 4) is 28.7 Å². The predicted octanol–water partition coefficient (Wildman–Crippen LogP) is -2.38. The zero-order chi connectivity index (χ0) is 31.2. The summed E-state index contributed by atoms with van der Waals surface area (Å²) in [5, 5.41) is 112. The summed E-state index contributed by atoms with van der Waals surface area (Å²) in [6.45, 7) is -1.55. The standard InChI is InChI=1S/C27H32O16/c28-7-17-19(34)21(36)23(38)26(41-17)43-25-22(37)20(35)18(8-29)42-27(25)40-16-6-11-13(32)4-10(30)5-15(11)39-24(16)9-1-2-12(31)14(33)3-9/h1-6,17-38H,7-8H2. The number of benzene rings is 2. The van der Waals surface area contributed by atoms with Crippen LogP contribution >= 0.6 is 0 Å². The lowest BCUT2D eigenvalue weighted by Gasteiger charge is -2.46. The first-order chi connectivity index (χ1) is 20.4. The first kappa shape index (κ1) is 31.0. The Kier molecular flexibility index (Phi) is 8.87. The van der Waals surface area contributed by atoms with Crippen LogP contribution in [-0.2, 0) is 18.9 Å². The maximum atomic E-state index is 11.0. The van der Waals surface area contributed by atoms with Gasteiger partial charge in [-0.1, -0.05) is 6.07 Å². The lowest BCUT2D eigenvalue weighted by Crippen LogP contribution is -2.64. The molecule has 3 heterocycles. The van der Waals surface area contributed by atoms with E-state index < -0.39 is 98.0 Å². The van der Waals surface area contributed by atoms with Crippen LogP contribution in [0.25, 0.3) is 6.08 Å². The minimum absolute atomic E-state index is 0.00443. The first-order valence-electron chi connectivity index (χ1n) is 13.1. The third-order valence-corrected chi connectivity index (χ3v) is 7.41. The van der Waals surface area contributed by atoms with Crippen LogP contribution in [0.1, 0.15) is 17.2 Å². The van der Waals surface area contributed by atoms with E-state index >= 15 is 0 Å². The van der Waals surface area contributed by atoms with E-state index in [9.17, 15) is 56.2 Å². The number of phenols is 4. The number of aliphatic hydroxyl groups excluding tert-OH is 7. The lowest BCUT2D eigenvalue weighted by molar-refractivity contribution is -0.364. The van der Waals surface area contributed by atoms with Gasteiger partial charge in [-0.15, -0.1) is 0 Å². The zero-order valence-corrected chi connectivity index (χ0v) is 22.2. The summed E-state index contributed by atoms with van der Waals surface area (Å²) in [4.78, 5) is 0. The second kappa shape index (κ2) is 12.3. The fourth-order valence-electron chi connectivity index (χ4n) is 5.04. The van der Waals surface area contributed by atoms with E-state index in [4.69, 9.17) is 23.7 Å². The molecule has 2 aromatic rings. The Labute approximate surface area is 243 Å². The third kappa shape index (κ3) is 5.89. The lowest BCUT2D eigenvalue weighted by atomic mass is 9.97. The van der Waals surface area contributed by atoms with Gasteiger partial charge < -0.3 is 79.9 Å². The van der Waals surface area contributed by atoms with Gasteiger partial charge in [-0.25, -0.2) is 0 Å². The largest absolute Gasteiger partial charge is 0.508 e. The van der Waals surface area contributed by atoms with Gasteiger partial charge in [-0.2, -0.15) is 0 Å². The molecule has 11 atom stereocenters. The van der Waals surface area contributed by atoms with Gasteiger partial charge in [0.2, 0.25) is 6.29 Å². The molecule has 2 fully saturated rings. The highest BCUT2D eigenvalue weighted by Gasteiger charge is 2.52. The molecule has 0 amide bonds. The molecule has 16 heteroatoms. The van der Waals surface area contributed by atoms with Crippen LogP contribution in [0.4, 0.5) is 0 Å². The molecule has 2 saturated heterocycles. The van der Waals surface area contributed by atoms with Crippen LogP contribution in [0.2, 0.25) is 0 Å². The molecule has 3 aliphatic heterocycles. The maximum Gasteiger partial charge on any atom is 0.229 e. The number of rotatable bonds is 7. The van der Waals surface area contributed by atoms with E-state index in [2.05, 4.69) is 0 Å².